The van der Waals surface area contributed by atoms with Gasteiger partial charge >= 0.3 is 0 Å². The average Bonchev–Trinajstić information content (AvgIpc) is 3.01. The van der Waals surface area contributed by atoms with Crippen molar-refractivity contribution >= 4 is 11.7 Å². The van der Waals surface area contributed by atoms with E-state index in [1.54, 1.807) is 24.3 Å². The minimum Gasteiger partial charge on any atom is -0.493 e. The molecule has 1 aromatic carbocycles. The van der Waals surface area contributed by atoms with Crippen molar-refractivity contribution in [3.63, 3.8) is 0 Å². The van der Waals surface area contributed by atoms with Crippen molar-refractivity contribution in [2.45, 2.75) is 32.1 Å². The number of carbonyl (C=O) groups excluding carboxylic acids is 1. The second kappa shape index (κ2) is 7.18. The van der Waals surface area contributed by atoms with Gasteiger partial charge in [0.2, 0.25) is 0 Å². The van der Waals surface area contributed by atoms with Gasteiger partial charge in [-0.1, -0.05) is 19.3 Å². The number of nitrogen functional groups attached to an aromatic ring is 1. The Balaban J connectivity index is 1.64. The van der Waals surface area contributed by atoms with Gasteiger partial charge in [0.25, 0.3) is 5.91 Å². The summed E-state index contributed by atoms with van der Waals surface area (Å²) in [7, 11) is 0. The number of aromatic nitrogens is 2. The maximum Gasteiger partial charge on any atom is 0.280 e. The summed E-state index contributed by atoms with van der Waals surface area (Å²) in [5, 5.41) is 12.7. The highest BCUT2D eigenvalue weighted by atomic mass is 16.5. The van der Waals surface area contributed by atoms with Crippen LogP contribution in [0.25, 0.3) is 0 Å². The molecule has 2 aromatic rings. The van der Waals surface area contributed by atoms with Gasteiger partial charge in [0.05, 0.1) is 12.8 Å². The summed E-state index contributed by atoms with van der Waals surface area (Å²) in [5.74, 6) is 1.07. The van der Waals surface area contributed by atoms with Crippen LogP contribution >= 0.6 is 0 Å². The monoisotopic (exact) mass is 324 g/mol. The molecule has 24 heavy (non-hydrogen) atoms. The van der Waals surface area contributed by atoms with E-state index >= 15 is 0 Å². The zero-order valence-corrected chi connectivity index (χ0v) is 13.4. The Morgan fingerprint density at radius 2 is 2.00 bits per heavy atom. The predicted molar refractivity (Wildman–Crippen MR) is 89.6 cm³/mol. The summed E-state index contributed by atoms with van der Waals surface area (Å²) >= 11 is 0. The molecule has 6 heteroatoms. The molecule has 1 aromatic heterocycles. The number of nitrogens with zero attached hydrogens (tertiary/aromatic N) is 3. The predicted octanol–water partition coefficient (Wildman–Crippen LogP) is 2.98. The molecule has 3 rings (SSSR count). The highest BCUT2D eigenvalue weighted by Crippen LogP contribution is 2.25. The standard InChI is InChI=1S/C18H20N4O2/c19-10-15-11-21-22(17(15)20)18(23)14-6-8-16(9-7-14)24-12-13-4-2-1-3-5-13/h6-9,11,13H,1-5,12,20H2. The van der Waals surface area contributed by atoms with Gasteiger partial charge in [0, 0.05) is 5.56 Å². The number of nitriles is 1. The molecule has 1 aliphatic carbocycles. The lowest BCUT2D eigenvalue weighted by Crippen LogP contribution is -2.17. The van der Waals surface area contributed by atoms with Crippen LogP contribution in [0.4, 0.5) is 5.82 Å². The topological polar surface area (TPSA) is 93.9 Å². The van der Waals surface area contributed by atoms with Crippen LogP contribution in [0, 0.1) is 17.2 Å². The Bertz CT molecular complexity index is 752. The quantitative estimate of drug-likeness (QED) is 0.933. The van der Waals surface area contributed by atoms with Crippen LogP contribution in [0.3, 0.4) is 0 Å². The van der Waals surface area contributed by atoms with Gasteiger partial charge in [0.1, 0.15) is 23.2 Å². The third-order valence-corrected chi connectivity index (χ3v) is 4.43. The molecular formula is C18H20N4O2. The number of anilines is 1. The molecule has 0 bridgehead atoms. The van der Waals surface area contributed by atoms with Crippen molar-refractivity contribution in [2.24, 2.45) is 5.92 Å². The Hall–Kier alpha value is -2.81. The molecule has 6 nitrogen and oxygen atoms in total. The first-order chi connectivity index (χ1) is 11.7. The van der Waals surface area contributed by atoms with E-state index in [0.29, 0.717) is 11.5 Å². The van der Waals surface area contributed by atoms with Gasteiger partial charge in [-0.3, -0.25) is 4.79 Å². The van der Waals surface area contributed by atoms with E-state index in [2.05, 4.69) is 5.10 Å². The molecule has 1 saturated carbocycles. The van der Waals surface area contributed by atoms with Crippen molar-refractivity contribution in [3.05, 3.63) is 41.6 Å². The fourth-order valence-corrected chi connectivity index (χ4v) is 2.99. The molecular weight excluding hydrogens is 304 g/mol. The number of hydrogen-bond donors (Lipinski definition) is 1. The fourth-order valence-electron chi connectivity index (χ4n) is 2.99. The molecule has 1 heterocycles. The number of hydrogen-bond acceptors (Lipinski definition) is 5. The highest BCUT2D eigenvalue weighted by molar-refractivity contribution is 5.97. The van der Waals surface area contributed by atoms with E-state index in [4.69, 9.17) is 15.7 Å². The SMILES string of the molecule is N#Cc1cnn(C(=O)c2ccc(OCC3CCCCC3)cc2)c1N. The number of carbonyl (C=O) groups is 1. The second-order valence-electron chi connectivity index (χ2n) is 6.11. The van der Waals surface area contributed by atoms with Gasteiger partial charge in [0.15, 0.2) is 0 Å². The van der Waals surface area contributed by atoms with Gasteiger partial charge < -0.3 is 10.5 Å². The lowest BCUT2D eigenvalue weighted by molar-refractivity contribution is 0.0948. The number of rotatable bonds is 4. The van der Waals surface area contributed by atoms with Gasteiger partial charge in [-0.2, -0.15) is 15.0 Å². The van der Waals surface area contributed by atoms with Gasteiger partial charge in [-0.05, 0) is 43.0 Å². The van der Waals surface area contributed by atoms with Crippen LogP contribution < -0.4 is 10.5 Å². The highest BCUT2D eigenvalue weighted by Gasteiger charge is 2.16. The molecule has 0 unspecified atom stereocenters. The van der Waals surface area contributed by atoms with Crippen molar-refractivity contribution in [1.29, 1.82) is 5.26 Å². The van der Waals surface area contributed by atoms with Crippen LogP contribution in [0.2, 0.25) is 0 Å². The van der Waals surface area contributed by atoms with Crippen molar-refractivity contribution in [1.82, 2.24) is 9.78 Å². The summed E-state index contributed by atoms with van der Waals surface area (Å²) in [6.45, 7) is 0.727. The minimum atomic E-state index is -0.368. The van der Waals surface area contributed by atoms with Crippen LogP contribution in [0.15, 0.2) is 30.5 Å². The molecule has 1 aliphatic rings. The summed E-state index contributed by atoms with van der Waals surface area (Å²) in [5.41, 5.74) is 6.38. The summed E-state index contributed by atoms with van der Waals surface area (Å²) < 4.78 is 6.87. The number of nitrogens with two attached hydrogens (primary N) is 1. The Labute approximate surface area is 140 Å². The first kappa shape index (κ1) is 16.1. The minimum absolute atomic E-state index is 0.0557. The lowest BCUT2D eigenvalue weighted by atomic mass is 9.90. The molecule has 1 fully saturated rings. The van der Waals surface area contributed by atoms with E-state index in [0.717, 1.165) is 17.0 Å². The van der Waals surface area contributed by atoms with E-state index in [9.17, 15) is 4.79 Å². The molecule has 0 amide bonds. The van der Waals surface area contributed by atoms with E-state index in [-0.39, 0.29) is 17.3 Å². The van der Waals surface area contributed by atoms with E-state index in [1.165, 1.54) is 38.3 Å². The zero-order chi connectivity index (χ0) is 16.9. The average molecular weight is 324 g/mol. The molecule has 0 aliphatic heterocycles. The summed E-state index contributed by atoms with van der Waals surface area (Å²) in [6, 6.07) is 8.83. The lowest BCUT2D eigenvalue weighted by Gasteiger charge is -2.21. The largest absolute Gasteiger partial charge is 0.493 e. The molecule has 0 spiro atoms. The first-order valence-corrected chi connectivity index (χ1v) is 8.20. The van der Waals surface area contributed by atoms with E-state index in [1.807, 2.05) is 6.07 Å². The number of benzene rings is 1. The summed E-state index contributed by atoms with van der Waals surface area (Å²) in [4.78, 5) is 12.4. The molecule has 124 valence electrons. The van der Waals surface area contributed by atoms with Crippen LogP contribution in [-0.2, 0) is 0 Å². The Morgan fingerprint density at radius 3 is 2.62 bits per heavy atom. The normalized spacial score (nSPS) is 15.0. The van der Waals surface area contributed by atoms with Crippen molar-refractivity contribution < 1.29 is 9.53 Å². The van der Waals surface area contributed by atoms with Crippen LogP contribution in [0.1, 0.15) is 48.0 Å². The van der Waals surface area contributed by atoms with Crippen LogP contribution in [-0.4, -0.2) is 22.3 Å². The Kier molecular flexibility index (Phi) is 4.80. The first-order valence-electron chi connectivity index (χ1n) is 8.20. The maximum absolute atomic E-state index is 12.4. The van der Waals surface area contributed by atoms with Crippen molar-refractivity contribution in [2.75, 3.05) is 12.3 Å². The third kappa shape index (κ3) is 3.40. The van der Waals surface area contributed by atoms with Gasteiger partial charge in [-0.25, -0.2) is 0 Å². The van der Waals surface area contributed by atoms with Crippen LogP contribution in [0.5, 0.6) is 5.75 Å². The Morgan fingerprint density at radius 1 is 1.29 bits per heavy atom. The molecule has 0 saturated heterocycles. The van der Waals surface area contributed by atoms with Gasteiger partial charge in [-0.15, -0.1) is 0 Å². The van der Waals surface area contributed by atoms with Crippen molar-refractivity contribution in [3.8, 4) is 11.8 Å². The zero-order valence-electron chi connectivity index (χ0n) is 13.4. The second-order valence-corrected chi connectivity index (χ2v) is 6.11. The van der Waals surface area contributed by atoms with E-state index < -0.39 is 0 Å². The molecule has 0 radical (unpaired) electrons. The molecule has 2 N–H and O–H groups in total. The summed E-state index contributed by atoms with van der Waals surface area (Å²) in [6.07, 6.45) is 7.66. The smallest absolute Gasteiger partial charge is 0.280 e. The maximum atomic E-state index is 12.4. The number of ether oxygens (including phenoxy) is 1. The fraction of sp³-hybridized carbons (Fsp3) is 0.389. The molecule has 0 atom stereocenters. The third-order valence-electron chi connectivity index (χ3n) is 4.43.